The largest absolute Gasteiger partial charge is 0.456 e. The molecule has 0 radical (unpaired) electrons. The molecule has 0 unspecified atom stereocenters. The molecule has 8 heteroatoms. The summed E-state index contributed by atoms with van der Waals surface area (Å²) >= 11 is 5.52. The summed E-state index contributed by atoms with van der Waals surface area (Å²) in [5.41, 5.74) is -1.54. The van der Waals surface area contributed by atoms with Crippen molar-refractivity contribution in [3.05, 3.63) is 85.9 Å². The normalized spacial score (nSPS) is 12.2. The minimum absolute atomic E-state index is 0.0270. The van der Waals surface area contributed by atoms with Crippen molar-refractivity contribution in [3.8, 4) is 0 Å². The van der Waals surface area contributed by atoms with Gasteiger partial charge in [-0.15, -0.1) is 0 Å². The lowest BCUT2D eigenvalue weighted by Crippen LogP contribution is -2.24. The van der Waals surface area contributed by atoms with E-state index in [1.54, 1.807) is 12.1 Å². The fourth-order valence-corrected chi connectivity index (χ4v) is 2.80. The lowest BCUT2D eigenvalue weighted by Gasteiger charge is -2.18. The minimum Gasteiger partial charge on any atom is -0.456 e. The number of carbonyl (C=O) groups is 3. The van der Waals surface area contributed by atoms with E-state index in [1.165, 1.54) is 18.2 Å². The number of nitro benzene ring substituents is 1. The van der Waals surface area contributed by atoms with Gasteiger partial charge in [0.2, 0.25) is 5.78 Å². The van der Waals surface area contributed by atoms with Crippen LogP contribution in [0.15, 0.2) is 48.0 Å². The first-order valence-corrected chi connectivity index (χ1v) is 7.71. The van der Waals surface area contributed by atoms with Crippen LogP contribution in [0, 0.1) is 10.1 Å². The predicted molar refractivity (Wildman–Crippen MR) is 91.7 cm³/mol. The number of hydrogen-bond donors (Lipinski definition) is 0. The summed E-state index contributed by atoms with van der Waals surface area (Å²) < 4.78 is 4.83. The lowest BCUT2D eigenvalue weighted by molar-refractivity contribution is -0.385. The van der Waals surface area contributed by atoms with E-state index in [9.17, 15) is 24.5 Å². The molecule has 7 nitrogen and oxygen atoms in total. The molecule has 1 aliphatic carbocycles. The van der Waals surface area contributed by atoms with Crippen LogP contribution in [0.3, 0.4) is 0 Å². The summed E-state index contributed by atoms with van der Waals surface area (Å²) in [6.45, 7) is 3.01. The second kappa shape index (κ2) is 6.53. The zero-order valence-electron chi connectivity index (χ0n) is 13.2. The standard InChI is InChI=1S/C18H10ClNO6/c1-9(19)8-26-18(23)13-7-6-12-14(15(13)20(24)25)17(22)11-5-3-2-4-10(11)16(12)21/h2-7H,1,8H2. The number of ketones is 2. The number of nitrogens with zero attached hydrogens (tertiary/aromatic N) is 1. The molecule has 0 heterocycles. The summed E-state index contributed by atoms with van der Waals surface area (Å²) in [7, 11) is 0. The Labute approximate surface area is 152 Å². The Morgan fingerprint density at radius 2 is 1.69 bits per heavy atom. The molecule has 2 aromatic rings. The van der Waals surface area contributed by atoms with Crippen molar-refractivity contribution in [1.82, 2.24) is 0 Å². The third kappa shape index (κ3) is 2.78. The van der Waals surface area contributed by atoms with Crippen molar-refractivity contribution in [2.24, 2.45) is 0 Å². The molecule has 0 amide bonds. The van der Waals surface area contributed by atoms with Crippen LogP contribution in [0.5, 0.6) is 0 Å². The fraction of sp³-hybridized carbons (Fsp3) is 0.0556. The van der Waals surface area contributed by atoms with Crippen LogP contribution in [-0.2, 0) is 4.74 Å². The van der Waals surface area contributed by atoms with Crippen LogP contribution in [0.25, 0.3) is 0 Å². The average molecular weight is 372 g/mol. The molecule has 0 saturated heterocycles. The molecule has 0 saturated carbocycles. The second-order valence-corrected chi connectivity index (χ2v) is 5.97. The van der Waals surface area contributed by atoms with Gasteiger partial charge in [-0.1, -0.05) is 42.4 Å². The van der Waals surface area contributed by atoms with E-state index in [4.69, 9.17) is 16.3 Å². The molecular formula is C18H10ClNO6. The topological polar surface area (TPSA) is 104 Å². The first kappa shape index (κ1) is 17.5. The summed E-state index contributed by atoms with van der Waals surface area (Å²) in [5.74, 6) is -2.26. The maximum absolute atomic E-state index is 12.8. The molecule has 26 heavy (non-hydrogen) atoms. The molecular weight excluding hydrogens is 362 g/mol. The van der Waals surface area contributed by atoms with Crippen molar-refractivity contribution < 1.29 is 24.0 Å². The van der Waals surface area contributed by atoms with Gasteiger partial charge in [-0.05, 0) is 12.1 Å². The number of fused-ring (bicyclic) bond motifs is 2. The van der Waals surface area contributed by atoms with Crippen LogP contribution < -0.4 is 0 Å². The number of nitro groups is 1. The Bertz CT molecular complexity index is 1010. The monoisotopic (exact) mass is 371 g/mol. The Hall–Kier alpha value is -3.32. The highest BCUT2D eigenvalue weighted by atomic mass is 35.5. The number of rotatable bonds is 4. The van der Waals surface area contributed by atoms with Gasteiger partial charge in [0.05, 0.1) is 4.92 Å². The SMILES string of the molecule is C=C(Cl)COC(=O)c1ccc2c(c1[N+](=O)[O-])C(=O)c1ccccc1C2=O. The highest BCUT2D eigenvalue weighted by molar-refractivity contribution is 6.30. The number of carbonyl (C=O) groups excluding carboxylic acids is 3. The van der Waals surface area contributed by atoms with Crippen molar-refractivity contribution in [3.63, 3.8) is 0 Å². The van der Waals surface area contributed by atoms with Crippen LogP contribution in [-0.4, -0.2) is 29.1 Å². The van der Waals surface area contributed by atoms with Gasteiger partial charge in [-0.3, -0.25) is 19.7 Å². The molecule has 0 aliphatic heterocycles. The average Bonchev–Trinajstić information content (AvgIpc) is 2.62. The number of esters is 1. The number of benzene rings is 2. The van der Waals surface area contributed by atoms with Gasteiger partial charge in [0.25, 0.3) is 5.69 Å². The maximum Gasteiger partial charge on any atom is 0.345 e. The van der Waals surface area contributed by atoms with Gasteiger partial charge in [0, 0.05) is 21.7 Å². The molecule has 1 aliphatic rings. The van der Waals surface area contributed by atoms with E-state index in [0.29, 0.717) is 0 Å². The summed E-state index contributed by atoms with van der Waals surface area (Å²) in [6, 6.07) is 8.32. The van der Waals surface area contributed by atoms with E-state index in [2.05, 4.69) is 6.58 Å². The van der Waals surface area contributed by atoms with Gasteiger partial charge in [-0.2, -0.15) is 0 Å². The summed E-state index contributed by atoms with van der Waals surface area (Å²) in [5, 5.41) is 11.6. The number of hydrogen-bond acceptors (Lipinski definition) is 6. The molecule has 3 rings (SSSR count). The molecule has 0 spiro atoms. The second-order valence-electron chi connectivity index (χ2n) is 5.44. The van der Waals surface area contributed by atoms with Crippen molar-refractivity contribution >= 4 is 34.8 Å². The predicted octanol–water partition coefficient (Wildman–Crippen LogP) is 3.28. The zero-order chi connectivity index (χ0) is 19.0. The highest BCUT2D eigenvalue weighted by Crippen LogP contribution is 2.35. The third-order valence-corrected chi connectivity index (χ3v) is 3.94. The molecule has 0 atom stereocenters. The first-order chi connectivity index (χ1) is 12.3. The van der Waals surface area contributed by atoms with Crippen molar-refractivity contribution in [2.45, 2.75) is 0 Å². The molecule has 0 fully saturated rings. The lowest BCUT2D eigenvalue weighted by atomic mass is 9.82. The summed E-state index contributed by atoms with van der Waals surface area (Å²) in [4.78, 5) is 48.3. The third-order valence-electron chi connectivity index (χ3n) is 3.83. The van der Waals surface area contributed by atoms with Gasteiger partial charge in [-0.25, -0.2) is 4.79 Å². The fourth-order valence-electron chi connectivity index (χ4n) is 2.75. The number of halogens is 1. The Balaban J connectivity index is 2.20. The molecule has 2 aromatic carbocycles. The van der Waals surface area contributed by atoms with E-state index in [0.717, 1.165) is 6.07 Å². The van der Waals surface area contributed by atoms with Crippen LogP contribution in [0.2, 0.25) is 0 Å². The van der Waals surface area contributed by atoms with Gasteiger partial charge in [0.1, 0.15) is 17.7 Å². The minimum atomic E-state index is -1.04. The smallest absolute Gasteiger partial charge is 0.345 e. The summed E-state index contributed by atoms with van der Waals surface area (Å²) in [6.07, 6.45) is 0. The van der Waals surface area contributed by atoms with Gasteiger partial charge < -0.3 is 4.74 Å². The maximum atomic E-state index is 12.8. The van der Waals surface area contributed by atoms with Gasteiger partial charge >= 0.3 is 5.97 Å². The first-order valence-electron chi connectivity index (χ1n) is 7.33. The molecule has 0 aromatic heterocycles. The highest BCUT2D eigenvalue weighted by Gasteiger charge is 2.38. The van der Waals surface area contributed by atoms with E-state index in [1.807, 2.05) is 0 Å². The van der Waals surface area contributed by atoms with Crippen LogP contribution in [0.4, 0.5) is 5.69 Å². The Morgan fingerprint density at radius 1 is 1.08 bits per heavy atom. The van der Waals surface area contributed by atoms with Crippen molar-refractivity contribution in [2.75, 3.05) is 6.61 Å². The zero-order valence-corrected chi connectivity index (χ0v) is 13.9. The molecule has 0 N–H and O–H groups in total. The van der Waals surface area contributed by atoms with Gasteiger partial charge in [0.15, 0.2) is 5.78 Å². The Morgan fingerprint density at radius 3 is 2.27 bits per heavy atom. The number of ether oxygens (including phenoxy) is 1. The van der Waals surface area contributed by atoms with E-state index >= 15 is 0 Å². The van der Waals surface area contributed by atoms with Crippen LogP contribution >= 0.6 is 11.6 Å². The molecule has 130 valence electrons. The Kier molecular flexibility index (Phi) is 4.40. The van der Waals surface area contributed by atoms with E-state index in [-0.39, 0.29) is 28.3 Å². The molecule has 0 bridgehead atoms. The quantitative estimate of drug-likeness (QED) is 0.396. The van der Waals surface area contributed by atoms with Crippen LogP contribution in [0.1, 0.15) is 42.2 Å². The van der Waals surface area contributed by atoms with E-state index < -0.39 is 39.3 Å². The van der Waals surface area contributed by atoms with Crippen molar-refractivity contribution in [1.29, 1.82) is 0 Å².